The number of fused-ring (bicyclic) bond motifs is 1. The predicted octanol–water partition coefficient (Wildman–Crippen LogP) is 0.554. The number of esters is 1. The standard InChI is InChI=1S/C23H29N7O6/c1-2-35-16(32)8-7-13-9-25-30(10-13)23-27-20(26-14-5-3-4-6-14)17-21(28-23)29(12-24-17)22-19(34)18(33)15(11-31)36-22/h7-10,12,14-15,18-19,22,31,33-34H,2-6,11H2,1H3,(H,26,27,28)/b8-7+/t15-,18-,19-,22-/m1/s1. The Balaban J connectivity index is 1.53. The Labute approximate surface area is 206 Å². The van der Waals surface area contributed by atoms with Crippen LogP contribution in [0.1, 0.15) is 44.4 Å². The van der Waals surface area contributed by atoms with Crippen LogP contribution in [0.15, 0.2) is 24.8 Å². The molecular weight excluding hydrogens is 470 g/mol. The summed E-state index contributed by atoms with van der Waals surface area (Å²) in [6, 6.07) is 0.246. The van der Waals surface area contributed by atoms with Crippen LogP contribution >= 0.6 is 0 Å². The second-order valence-corrected chi connectivity index (χ2v) is 8.85. The fraction of sp³-hybridized carbons (Fsp3) is 0.522. The lowest BCUT2D eigenvalue weighted by Crippen LogP contribution is -2.33. The first-order chi connectivity index (χ1) is 17.5. The average molecular weight is 500 g/mol. The zero-order valence-electron chi connectivity index (χ0n) is 19.8. The van der Waals surface area contributed by atoms with Crippen molar-refractivity contribution >= 4 is 29.0 Å². The zero-order chi connectivity index (χ0) is 25.2. The first kappa shape index (κ1) is 24.3. The van der Waals surface area contributed by atoms with Crippen LogP contribution < -0.4 is 5.32 Å². The quantitative estimate of drug-likeness (QED) is 0.252. The Hall–Kier alpha value is -3.39. The minimum Gasteiger partial charge on any atom is -0.463 e. The van der Waals surface area contributed by atoms with E-state index in [2.05, 4.69) is 25.4 Å². The van der Waals surface area contributed by atoms with Crippen molar-refractivity contribution in [1.82, 2.24) is 29.3 Å². The van der Waals surface area contributed by atoms with E-state index in [4.69, 9.17) is 9.47 Å². The van der Waals surface area contributed by atoms with Crippen LogP contribution in [-0.2, 0) is 14.3 Å². The van der Waals surface area contributed by atoms with Crippen LogP contribution in [0.3, 0.4) is 0 Å². The first-order valence-electron chi connectivity index (χ1n) is 12.0. The molecule has 13 nitrogen and oxygen atoms in total. The number of nitrogens with zero attached hydrogens (tertiary/aromatic N) is 6. The average Bonchev–Trinajstić information content (AvgIpc) is 3.67. The molecule has 1 aliphatic heterocycles. The molecule has 0 bridgehead atoms. The van der Waals surface area contributed by atoms with Crippen LogP contribution in [0.5, 0.6) is 0 Å². The van der Waals surface area contributed by atoms with Gasteiger partial charge in [-0.15, -0.1) is 0 Å². The van der Waals surface area contributed by atoms with Crippen LogP contribution in [0.2, 0.25) is 0 Å². The highest BCUT2D eigenvalue weighted by atomic mass is 16.6. The Morgan fingerprint density at radius 2 is 2.08 bits per heavy atom. The number of anilines is 1. The number of aliphatic hydroxyl groups excluding tert-OH is 3. The van der Waals surface area contributed by atoms with Crippen molar-refractivity contribution in [2.24, 2.45) is 0 Å². The summed E-state index contributed by atoms with van der Waals surface area (Å²) < 4.78 is 13.6. The SMILES string of the molecule is CCOC(=O)/C=C/c1cnn(-c2nc(NC3CCCC3)c3ncn([C@@H]4O[C@H](CO)[C@@H](O)[C@H]4O)c3n2)c1. The number of carbonyl (C=O) groups is 1. The van der Waals surface area contributed by atoms with Crippen LogP contribution in [0.25, 0.3) is 23.2 Å². The molecule has 0 aromatic carbocycles. The lowest BCUT2D eigenvalue weighted by Gasteiger charge is -2.18. The number of hydrogen-bond acceptors (Lipinski definition) is 11. The summed E-state index contributed by atoms with van der Waals surface area (Å²) in [5, 5.41) is 38.1. The van der Waals surface area contributed by atoms with Crippen molar-refractivity contribution in [2.45, 2.75) is 63.2 Å². The summed E-state index contributed by atoms with van der Waals surface area (Å²) in [4.78, 5) is 25.4. The van der Waals surface area contributed by atoms with E-state index in [1.807, 2.05) is 0 Å². The molecule has 5 rings (SSSR count). The molecule has 4 heterocycles. The monoisotopic (exact) mass is 499 g/mol. The Kier molecular flexibility index (Phi) is 6.96. The van der Waals surface area contributed by atoms with Crippen LogP contribution in [0.4, 0.5) is 5.82 Å². The number of hydrogen-bond donors (Lipinski definition) is 4. The van der Waals surface area contributed by atoms with E-state index in [1.54, 1.807) is 25.4 Å². The number of aliphatic hydroxyl groups is 3. The van der Waals surface area contributed by atoms with Gasteiger partial charge in [-0.25, -0.2) is 14.5 Å². The van der Waals surface area contributed by atoms with E-state index in [9.17, 15) is 20.1 Å². The van der Waals surface area contributed by atoms with Crippen molar-refractivity contribution in [3.8, 4) is 5.95 Å². The van der Waals surface area contributed by atoms with Crippen LogP contribution in [0, 0.1) is 0 Å². The fourth-order valence-corrected chi connectivity index (χ4v) is 4.55. The third-order valence-electron chi connectivity index (χ3n) is 6.40. The van der Waals surface area contributed by atoms with Gasteiger partial charge in [0.15, 0.2) is 23.2 Å². The molecule has 4 atom stereocenters. The second-order valence-electron chi connectivity index (χ2n) is 8.85. The summed E-state index contributed by atoms with van der Waals surface area (Å²) in [6.07, 6.45) is 7.44. The Bertz CT molecular complexity index is 1250. The van der Waals surface area contributed by atoms with Gasteiger partial charge in [0.1, 0.15) is 18.3 Å². The van der Waals surface area contributed by atoms with Gasteiger partial charge in [-0.05, 0) is 25.8 Å². The molecule has 1 aliphatic carbocycles. The Morgan fingerprint density at radius 3 is 2.81 bits per heavy atom. The van der Waals surface area contributed by atoms with Gasteiger partial charge in [-0.1, -0.05) is 12.8 Å². The largest absolute Gasteiger partial charge is 0.463 e. The second kappa shape index (κ2) is 10.3. The van der Waals surface area contributed by atoms with Gasteiger partial charge < -0.3 is 30.1 Å². The maximum Gasteiger partial charge on any atom is 0.330 e. The van der Waals surface area contributed by atoms with Crippen molar-refractivity contribution in [3.63, 3.8) is 0 Å². The van der Waals surface area contributed by atoms with E-state index in [0.717, 1.165) is 25.7 Å². The van der Waals surface area contributed by atoms with E-state index in [0.29, 0.717) is 22.5 Å². The smallest absolute Gasteiger partial charge is 0.330 e. The van der Waals surface area contributed by atoms with Gasteiger partial charge >= 0.3 is 5.97 Å². The topological polar surface area (TPSA) is 170 Å². The molecule has 0 amide bonds. The van der Waals surface area contributed by atoms with Gasteiger partial charge in [-0.3, -0.25) is 4.57 Å². The molecule has 0 unspecified atom stereocenters. The van der Waals surface area contributed by atoms with E-state index in [-0.39, 0.29) is 18.6 Å². The lowest BCUT2D eigenvalue weighted by atomic mass is 10.1. The number of carbonyl (C=O) groups excluding carboxylic acids is 1. The molecule has 0 radical (unpaired) electrons. The van der Waals surface area contributed by atoms with E-state index in [1.165, 1.54) is 21.7 Å². The summed E-state index contributed by atoms with van der Waals surface area (Å²) in [5.41, 5.74) is 1.50. The van der Waals surface area contributed by atoms with Crippen molar-refractivity contribution in [1.29, 1.82) is 0 Å². The molecule has 2 aliphatic rings. The number of aromatic nitrogens is 6. The molecule has 1 saturated heterocycles. The summed E-state index contributed by atoms with van der Waals surface area (Å²) in [5.74, 6) is 0.312. The number of rotatable bonds is 8. The minimum atomic E-state index is -1.28. The highest BCUT2D eigenvalue weighted by Crippen LogP contribution is 2.33. The molecule has 1 saturated carbocycles. The normalized spacial score (nSPS) is 24.8. The fourth-order valence-electron chi connectivity index (χ4n) is 4.55. The molecule has 192 valence electrons. The van der Waals surface area contributed by atoms with Gasteiger partial charge in [0.2, 0.25) is 0 Å². The van der Waals surface area contributed by atoms with Gasteiger partial charge in [0.05, 0.1) is 25.7 Å². The molecular formula is C23H29N7O6. The zero-order valence-corrected chi connectivity index (χ0v) is 19.8. The summed E-state index contributed by atoms with van der Waals surface area (Å²) in [7, 11) is 0. The lowest BCUT2D eigenvalue weighted by molar-refractivity contribution is -0.137. The summed E-state index contributed by atoms with van der Waals surface area (Å²) >= 11 is 0. The molecule has 3 aromatic heterocycles. The van der Waals surface area contributed by atoms with Gasteiger partial charge in [0.25, 0.3) is 5.95 Å². The third-order valence-corrected chi connectivity index (χ3v) is 6.40. The third kappa shape index (κ3) is 4.69. The maximum absolute atomic E-state index is 11.6. The molecule has 36 heavy (non-hydrogen) atoms. The van der Waals surface area contributed by atoms with Gasteiger partial charge in [0, 0.05) is 23.9 Å². The minimum absolute atomic E-state index is 0.243. The Morgan fingerprint density at radius 1 is 1.28 bits per heavy atom. The molecule has 13 heteroatoms. The number of nitrogens with one attached hydrogen (secondary N) is 1. The van der Waals surface area contributed by atoms with E-state index >= 15 is 0 Å². The maximum atomic E-state index is 11.6. The van der Waals surface area contributed by atoms with Crippen molar-refractivity contribution in [3.05, 3.63) is 30.4 Å². The number of ether oxygens (including phenoxy) is 2. The highest BCUT2D eigenvalue weighted by molar-refractivity contribution is 5.87. The summed E-state index contributed by atoms with van der Waals surface area (Å²) in [6.45, 7) is 1.58. The highest BCUT2D eigenvalue weighted by Gasteiger charge is 2.44. The predicted molar refractivity (Wildman–Crippen MR) is 127 cm³/mol. The number of imidazole rings is 1. The molecule has 2 fully saturated rings. The molecule has 3 aromatic rings. The van der Waals surface area contributed by atoms with Crippen LogP contribution in [-0.4, -0.2) is 88.2 Å². The molecule has 4 N–H and O–H groups in total. The molecule has 0 spiro atoms. The van der Waals surface area contributed by atoms with E-state index < -0.39 is 37.1 Å². The van der Waals surface area contributed by atoms with Gasteiger partial charge in [-0.2, -0.15) is 15.1 Å². The van der Waals surface area contributed by atoms with Crippen molar-refractivity contribution < 1.29 is 29.6 Å². The first-order valence-corrected chi connectivity index (χ1v) is 12.0. The van der Waals surface area contributed by atoms with Crippen molar-refractivity contribution in [2.75, 3.05) is 18.5 Å².